The highest BCUT2D eigenvalue weighted by Gasteiger charge is 2.35. The lowest BCUT2D eigenvalue weighted by molar-refractivity contribution is 0.0672. The van der Waals surface area contributed by atoms with Crippen LogP contribution < -0.4 is 5.32 Å². The number of thiazole rings is 1. The van der Waals surface area contributed by atoms with Crippen molar-refractivity contribution < 1.29 is 18.8 Å². The molecule has 2 aromatic carbocycles. The number of nitrogens with one attached hydrogen (secondary N) is 1. The average molecular weight is 421 g/mol. The highest BCUT2D eigenvalue weighted by Crippen LogP contribution is 2.31. The first kappa shape index (κ1) is 19.7. The van der Waals surface area contributed by atoms with E-state index in [1.165, 1.54) is 47.7 Å². The zero-order chi connectivity index (χ0) is 21.4. The third kappa shape index (κ3) is 3.42. The summed E-state index contributed by atoms with van der Waals surface area (Å²) in [7, 11) is 0. The largest absolute Gasteiger partial charge is 0.298 e. The van der Waals surface area contributed by atoms with Gasteiger partial charge in [-0.05, 0) is 49.4 Å². The van der Waals surface area contributed by atoms with Crippen molar-refractivity contribution in [1.29, 1.82) is 0 Å². The fourth-order valence-corrected chi connectivity index (χ4v) is 4.05. The van der Waals surface area contributed by atoms with E-state index in [-0.39, 0.29) is 29.1 Å². The smallest absolute Gasteiger partial charge is 0.261 e. The van der Waals surface area contributed by atoms with Crippen LogP contribution in [0, 0.1) is 12.7 Å². The molecule has 0 fully saturated rings. The summed E-state index contributed by atoms with van der Waals surface area (Å²) in [4.78, 5) is 43.8. The first-order valence-electron chi connectivity index (χ1n) is 9.05. The van der Waals surface area contributed by atoms with Crippen LogP contribution in [0.15, 0.2) is 55.1 Å². The summed E-state index contributed by atoms with van der Waals surface area (Å²) in [6.45, 7) is 5.52. The van der Waals surface area contributed by atoms with Crippen molar-refractivity contribution >= 4 is 34.2 Å². The topological polar surface area (TPSA) is 79.4 Å². The van der Waals surface area contributed by atoms with Crippen LogP contribution in [0.4, 0.5) is 9.52 Å². The van der Waals surface area contributed by atoms with Gasteiger partial charge in [0.05, 0.1) is 16.8 Å². The lowest BCUT2D eigenvalue weighted by Gasteiger charge is -2.09. The van der Waals surface area contributed by atoms with Gasteiger partial charge in [0.1, 0.15) is 5.82 Å². The summed E-state index contributed by atoms with van der Waals surface area (Å²) in [6.07, 6.45) is 1.47. The summed E-state index contributed by atoms with van der Waals surface area (Å²) in [5.41, 5.74) is 2.10. The molecule has 0 unspecified atom stereocenters. The quantitative estimate of drug-likeness (QED) is 0.492. The molecule has 2 heterocycles. The van der Waals surface area contributed by atoms with Crippen LogP contribution in [-0.2, 0) is 0 Å². The lowest BCUT2D eigenvalue weighted by Crippen LogP contribution is -2.29. The second-order valence-electron chi connectivity index (χ2n) is 6.65. The normalized spacial score (nSPS) is 12.8. The number of imide groups is 1. The molecule has 0 atom stereocenters. The summed E-state index contributed by atoms with van der Waals surface area (Å²) in [5, 5.41) is 3.10. The lowest BCUT2D eigenvalue weighted by atomic mass is 10.1. The molecule has 0 aliphatic carbocycles. The van der Waals surface area contributed by atoms with Crippen molar-refractivity contribution in [2.75, 3.05) is 11.9 Å². The van der Waals surface area contributed by atoms with Gasteiger partial charge in [-0.1, -0.05) is 6.08 Å². The molecule has 0 radical (unpaired) electrons. The third-order valence-electron chi connectivity index (χ3n) is 4.68. The number of aromatic nitrogens is 1. The minimum Gasteiger partial charge on any atom is -0.298 e. The number of anilines is 1. The molecule has 150 valence electrons. The van der Waals surface area contributed by atoms with Gasteiger partial charge in [-0.3, -0.25) is 24.6 Å². The second kappa shape index (κ2) is 7.64. The number of aryl methyl sites for hydroxylation is 1. The predicted molar refractivity (Wildman–Crippen MR) is 112 cm³/mol. The van der Waals surface area contributed by atoms with E-state index in [0.29, 0.717) is 10.8 Å². The summed E-state index contributed by atoms with van der Waals surface area (Å²) >= 11 is 1.29. The van der Waals surface area contributed by atoms with Gasteiger partial charge in [0.15, 0.2) is 5.13 Å². The molecular weight excluding hydrogens is 405 g/mol. The Labute approximate surface area is 175 Å². The molecule has 0 saturated heterocycles. The fourth-order valence-electron chi connectivity index (χ4n) is 3.22. The maximum atomic E-state index is 13.2. The van der Waals surface area contributed by atoms with Gasteiger partial charge in [-0.2, -0.15) is 0 Å². The number of carbonyl (C=O) groups excluding carboxylic acids is 3. The maximum Gasteiger partial charge on any atom is 0.261 e. The number of amides is 3. The number of halogens is 1. The maximum absolute atomic E-state index is 13.2. The summed E-state index contributed by atoms with van der Waals surface area (Å²) < 4.78 is 13.2. The number of hydrogen-bond acceptors (Lipinski definition) is 5. The Morgan fingerprint density at radius 1 is 1.17 bits per heavy atom. The minimum atomic E-state index is -0.451. The first-order valence-corrected chi connectivity index (χ1v) is 9.86. The van der Waals surface area contributed by atoms with Gasteiger partial charge in [-0.15, -0.1) is 17.9 Å². The third-order valence-corrected chi connectivity index (χ3v) is 5.57. The Morgan fingerprint density at radius 3 is 2.57 bits per heavy atom. The van der Waals surface area contributed by atoms with Crippen molar-refractivity contribution in [2.45, 2.75) is 6.92 Å². The molecule has 0 saturated carbocycles. The second-order valence-corrected chi connectivity index (χ2v) is 7.86. The number of nitrogens with zero attached hydrogens (tertiary/aromatic N) is 2. The molecule has 0 bridgehead atoms. The average Bonchev–Trinajstić information content (AvgIpc) is 3.21. The van der Waals surface area contributed by atoms with E-state index >= 15 is 0 Å². The molecule has 1 aromatic heterocycles. The van der Waals surface area contributed by atoms with Crippen molar-refractivity contribution in [3.8, 4) is 11.3 Å². The van der Waals surface area contributed by atoms with Crippen molar-refractivity contribution in [3.63, 3.8) is 0 Å². The van der Waals surface area contributed by atoms with E-state index in [1.54, 1.807) is 12.1 Å². The molecule has 1 N–H and O–H groups in total. The molecular formula is C22H16FN3O3S. The van der Waals surface area contributed by atoms with E-state index in [0.717, 1.165) is 15.3 Å². The monoisotopic (exact) mass is 421 g/mol. The standard InChI is InChI=1S/C22H16FN3O3S/c1-3-10-26-20(28)16-9-6-14(11-17(16)21(26)29)19(27)25-22-24-18(12(2)30-22)13-4-7-15(23)8-5-13/h3-9,11H,1,10H2,2H3,(H,24,25,27). The SMILES string of the molecule is C=CCN1C(=O)c2ccc(C(=O)Nc3nc(-c4ccc(F)cc4)c(C)s3)cc2C1=O. The molecule has 8 heteroatoms. The molecule has 0 spiro atoms. The van der Waals surface area contributed by atoms with E-state index in [2.05, 4.69) is 16.9 Å². The van der Waals surface area contributed by atoms with Gasteiger partial charge in [-0.25, -0.2) is 9.37 Å². The van der Waals surface area contributed by atoms with Crippen LogP contribution in [-0.4, -0.2) is 34.2 Å². The Morgan fingerprint density at radius 2 is 1.87 bits per heavy atom. The van der Waals surface area contributed by atoms with Crippen molar-refractivity contribution in [1.82, 2.24) is 9.88 Å². The number of hydrogen-bond donors (Lipinski definition) is 1. The van der Waals surface area contributed by atoms with Gasteiger partial charge in [0, 0.05) is 22.5 Å². The fraction of sp³-hybridized carbons (Fsp3) is 0.0909. The first-order chi connectivity index (χ1) is 14.4. The molecule has 6 nitrogen and oxygen atoms in total. The number of rotatable bonds is 5. The van der Waals surface area contributed by atoms with Crippen LogP contribution in [0.5, 0.6) is 0 Å². The molecule has 1 aliphatic heterocycles. The molecule has 3 amide bonds. The molecule has 4 rings (SSSR count). The van der Waals surface area contributed by atoms with Gasteiger partial charge >= 0.3 is 0 Å². The Balaban J connectivity index is 1.57. The van der Waals surface area contributed by atoms with E-state index in [9.17, 15) is 18.8 Å². The molecule has 1 aliphatic rings. The minimum absolute atomic E-state index is 0.110. The van der Waals surface area contributed by atoms with Gasteiger partial charge < -0.3 is 0 Å². The van der Waals surface area contributed by atoms with Crippen molar-refractivity contribution in [2.24, 2.45) is 0 Å². The van der Waals surface area contributed by atoms with E-state index in [1.807, 2.05) is 6.92 Å². The van der Waals surface area contributed by atoms with Crippen LogP contribution in [0.25, 0.3) is 11.3 Å². The molecule has 30 heavy (non-hydrogen) atoms. The van der Waals surface area contributed by atoms with Crippen LogP contribution >= 0.6 is 11.3 Å². The Hall–Kier alpha value is -3.65. The highest BCUT2D eigenvalue weighted by atomic mass is 32.1. The summed E-state index contributed by atoms with van der Waals surface area (Å²) in [6, 6.07) is 10.3. The number of fused-ring (bicyclic) bond motifs is 1. The van der Waals surface area contributed by atoms with E-state index < -0.39 is 17.7 Å². The zero-order valence-corrected chi connectivity index (χ0v) is 16.8. The van der Waals surface area contributed by atoms with Crippen LogP contribution in [0.2, 0.25) is 0 Å². The summed E-state index contributed by atoms with van der Waals surface area (Å²) in [5.74, 6) is -1.63. The van der Waals surface area contributed by atoms with E-state index in [4.69, 9.17) is 0 Å². The number of benzene rings is 2. The zero-order valence-electron chi connectivity index (χ0n) is 15.9. The number of carbonyl (C=O) groups is 3. The van der Waals surface area contributed by atoms with Crippen LogP contribution in [0.1, 0.15) is 36.0 Å². The predicted octanol–water partition coefficient (Wildman–Crippen LogP) is 4.29. The highest BCUT2D eigenvalue weighted by molar-refractivity contribution is 7.16. The Bertz CT molecular complexity index is 1200. The van der Waals surface area contributed by atoms with Crippen LogP contribution in [0.3, 0.4) is 0 Å². The van der Waals surface area contributed by atoms with Gasteiger partial charge in [0.25, 0.3) is 17.7 Å². The van der Waals surface area contributed by atoms with Gasteiger partial charge in [0.2, 0.25) is 0 Å². The Kier molecular flexibility index (Phi) is 5.01. The molecule has 3 aromatic rings. The van der Waals surface area contributed by atoms with Crippen molar-refractivity contribution in [3.05, 3.63) is 82.5 Å².